The van der Waals surface area contributed by atoms with Gasteiger partial charge >= 0.3 is 5.97 Å². The van der Waals surface area contributed by atoms with Crippen LogP contribution >= 0.6 is 11.6 Å². The number of hydrogen-bond donors (Lipinski definition) is 2. The Morgan fingerprint density at radius 2 is 1.74 bits per heavy atom. The standard InChI is InChI=1S/C29H26ClN3O5S/c30-20-12-9-18(10-13-20)28-24(6-2-4-8-27(34)35)31-25-17-19(11-14-23(25)32-28)29(36)33-22-15-16-39(37,38)26-7-3-1-5-21(22)26/h1,3,5,7,9-14,17,22H,2,4,6,8,15-16H2,(H,33,36)(H,34,35)/t22-/m1/s1. The predicted molar refractivity (Wildman–Crippen MR) is 148 cm³/mol. The van der Waals surface area contributed by atoms with Gasteiger partial charge in [0.1, 0.15) is 0 Å². The van der Waals surface area contributed by atoms with Gasteiger partial charge in [0.05, 0.1) is 39.1 Å². The van der Waals surface area contributed by atoms with Gasteiger partial charge in [-0.05, 0) is 67.6 Å². The van der Waals surface area contributed by atoms with Crippen LogP contribution in [-0.2, 0) is 21.1 Å². The average molecular weight is 564 g/mol. The van der Waals surface area contributed by atoms with Crippen LogP contribution in [0, 0.1) is 0 Å². The highest BCUT2D eigenvalue weighted by atomic mass is 35.5. The minimum Gasteiger partial charge on any atom is -0.481 e. The molecule has 0 fully saturated rings. The number of carboxylic acids is 1. The van der Waals surface area contributed by atoms with E-state index in [0.29, 0.717) is 64.3 Å². The van der Waals surface area contributed by atoms with Gasteiger partial charge in [0.15, 0.2) is 9.84 Å². The van der Waals surface area contributed by atoms with Gasteiger partial charge in [-0.3, -0.25) is 9.59 Å². The summed E-state index contributed by atoms with van der Waals surface area (Å²) in [5, 5.41) is 12.6. The summed E-state index contributed by atoms with van der Waals surface area (Å²) in [5.41, 5.74) is 4.37. The number of carbonyl (C=O) groups is 2. The molecule has 2 N–H and O–H groups in total. The topological polar surface area (TPSA) is 126 Å². The fraction of sp³-hybridized carbons (Fsp3) is 0.241. The van der Waals surface area contributed by atoms with Crippen molar-refractivity contribution in [3.63, 3.8) is 0 Å². The summed E-state index contributed by atoms with van der Waals surface area (Å²) in [6.45, 7) is 0. The van der Waals surface area contributed by atoms with Gasteiger partial charge in [0, 0.05) is 22.6 Å². The lowest BCUT2D eigenvalue weighted by molar-refractivity contribution is -0.137. The Morgan fingerprint density at radius 3 is 2.51 bits per heavy atom. The molecule has 0 radical (unpaired) electrons. The average Bonchev–Trinajstić information content (AvgIpc) is 2.92. The number of unbranched alkanes of at least 4 members (excludes halogenated alkanes) is 1. The van der Waals surface area contributed by atoms with Gasteiger partial charge in [-0.15, -0.1) is 0 Å². The highest BCUT2D eigenvalue weighted by molar-refractivity contribution is 7.91. The zero-order valence-corrected chi connectivity index (χ0v) is 22.5. The Morgan fingerprint density at radius 1 is 0.974 bits per heavy atom. The van der Waals surface area contributed by atoms with Crippen molar-refractivity contribution in [2.24, 2.45) is 0 Å². The molecule has 3 aromatic carbocycles. The summed E-state index contributed by atoms with van der Waals surface area (Å²) in [6.07, 6.45) is 2.03. The summed E-state index contributed by atoms with van der Waals surface area (Å²) in [5.74, 6) is -1.20. The molecule has 0 unspecified atom stereocenters. The number of carbonyl (C=O) groups excluding carboxylic acids is 1. The molecule has 8 nitrogen and oxygen atoms in total. The number of amides is 1. The third-order valence-corrected chi connectivity index (χ3v) is 8.85. The highest BCUT2D eigenvalue weighted by Gasteiger charge is 2.31. The molecule has 4 aromatic rings. The van der Waals surface area contributed by atoms with Gasteiger partial charge in [-0.2, -0.15) is 0 Å². The maximum absolute atomic E-state index is 13.2. The Bertz CT molecular complexity index is 1670. The van der Waals surface area contributed by atoms with Crippen LogP contribution in [0.2, 0.25) is 5.02 Å². The Kier molecular flexibility index (Phi) is 7.63. The molecule has 1 aliphatic heterocycles. The van der Waals surface area contributed by atoms with E-state index in [2.05, 4.69) is 5.32 Å². The van der Waals surface area contributed by atoms with Gasteiger partial charge < -0.3 is 10.4 Å². The Hall–Kier alpha value is -3.82. The summed E-state index contributed by atoms with van der Waals surface area (Å²) >= 11 is 6.07. The molecule has 0 saturated heterocycles. The lowest BCUT2D eigenvalue weighted by Gasteiger charge is -2.26. The molecule has 10 heteroatoms. The first-order valence-corrected chi connectivity index (χ1v) is 14.7. The molecule has 1 amide bonds. The number of rotatable bonds is 8. The van der Waals surface area contributed by atoms with Crippen LogP contribution in [0.25, 0.3) is 22.3 Å². The van der Waals surface area contributed by atoms with Gasteiger partial charge in [0.2, 0.25) is 0 Å². The van der Waals surface area contributed by atoms with E-state index < -0.39 is 21.8 Å². The number of aryl methyl sites for hydroxylation is 1. The van der Waals surface area contributed by atoms with Crippen LogP contribution in [0.4, 0.5) is 0 Å². The Balaban J connectivity index is 1.44. The first kappa shape index (κ1) is 26.8. The molecular formula is C29H26ClN3O5S. The van der Waals surface area contributed by atoms with Crippen molar-refractivity contribution in [1.82, 2.24) is 15.3 Å². The molecule has 2 heterocycles. The molecule has 0 spiro atoms. The molecule has 5 rings (SSSR count). The van der Waals surface area contributed by atoms with Crippen LogP contribution in [0.15, 0.2) is 71.6 Å². The van der Waals surface area contributed by atoms with Crippen LogP contribution in [0.5, 0.6) is 0 Å². The molecule has 0 aliphatic carbocycles. The van der Waals surface area contributed by atoms with Crippen LogP contribution in [0.1, 0.15) is 53.3 Å². The molecule has 1 aromatic heterocycles. The quantitative estimate of drug-likeness (QED) is 0.275. The van der Waals surface area contributed by atoms with E-state index >= 15 is 0 Å². The molecule has 39 heavy (non-hydrogen) atoms. The monoisotopic (exact) mass is 563 g/mol. The Labute approximate surface area is 231 Å². The largest absolute Gasteiger partial charge is 0.481 e. The number of nitrogens with zero attached hydrogens (tertiary/aromatic N) is 2. The lowest BCUT2D eigenvalue weighted by Crippen LogP contribution is -2.33. The minimum atomic E-state index is -3.36. The van der Waals surface area contributed by atoms with Crippen LogP contribution < -0.4 is 5.32 Å². The fourth-order valence-corrected chi connectivity index (χ4v) is 6.54. The maximum Gasteiger partial charge on any atom is 0.303 e. The number of benzene rings is 3. The van der Waals surface area contributed by atoms with E-state index in [1.54, 1.807) is 54.6 Å². The number of hydrogen-bond acceptors (Lipinski definition) is 6. The second-order valence-corrected chi connectivity index (χ2v) is 12.0. The normalized spacial score (nSPS) is 16.0. The number of carboxylic acid groups (broad SMARTS) is 1. The number of aromatic nitrogens is 2. The first-order chi connectivity index (χ1) is 18.7. The highest BCUT2D eigenvalue weighted by Crippen LogP contribution is 2.32. The van der Waals surface area contributed by atoms with E-state index in [1.165, 1.54) is 0 Å². The smallest absolute Gasteiger partial charge is 0.303 e. The third kappa shape index (κ3) is 5.94. The number of nitrogens with one attached hydrogen (secondary N) is 1. The third-order valence-electron chi connectivity index (χ3n) is 6.78. The zero-order chi connectivity index (χ0) is 27.6. The summed E-state index contributed by atoms with van der Waals surface area (Å²) in [6, 6.07) is 18.7. The van der Waals surface area contributed by atoms with Crippen molar-refractivity contribution < 1.29 is 23.1 Å². The number of halogens is 1. The molecule has 200 valence electrons. The van der Waals surface area contributed by atoms with E-state index in [1.807, 2.05) is 12.1 Å². The summed E-state index contributed by atoms with van der Waals surface area (Å²) in [4.78, 5) is 34.1. The first-order valence-electron chi connectivity index (χ1n) is 12.6. The maximum atomic E-state index is 13.2. The van der Waals surface area contributed by atoms with E-state index in [-0.39, 0.29) is 23.0 Å². The van der Waals surface area contributed by atoms with Crippen LogP contribution in [0.3, 0.4) is 0 Å². The SMILES string of the molecule is O=C(O)CCCCc1nc2cc(C(=O)N[C@@H]3CCS(=O)(=O)c4ccccc43)ccc2nc1-c1ccc(Cl)cc1. The molecule has 0 bridgehead atoms. The van der Waals surface area contributed by atoms with Crippen molar-refractivity contribution in [3.05, 3.63) is 88.6 Å². The number of sulfone groups is 1. The minimum absolute atomic E-state index is 0.0309. The molecule has 1 aliphatic rings. The van der Waals surface area contributed by atoms with E-state index in [0.717, 1.165) is 5.56 Å². The van der Waals surface area contributed by atoms with Crippen LogP contribution in [-0.4, -0.2) is 41.1 Å². The number of aliphatic carboxylic acids is 1. The van der Waals surface area contributed by atoms with E-state index in [4.69, 9.17) is 26.7 Å². The lowest BCUT2D eigenvalue weighted by atomic mass is 10.0. The molecular weight excluding hydrogens is 538 g/mol. The summed E-state index contributed by atoms with van der Waals surface area (Å²) < 4.78 is 24.9. The van der Waals surface area contributed by atoms with E-state index in [9.17, 15) is 18.0 Å². The zero-order valence-electron chi connectivity index (χ0n) is 20.9. The van der Waals surface area contributed by atoms with Crippen molar-refractivity contribution in [2.45, 2.75) is 43.0 Å². The van der Waals surface area contributed by atoms with Crippen molar-refractivity contribution in [1.29, 1.82) is 0 Å². The molecule has 1 atom stereocenters. The van der Waals surface area contributed by atoms with Crippen molar-refractivity contribution in [2.75, 3.05) is 5.75 Å². The van der Waals surface area contributed by atoms with Gasteiger partial charge in [-0.25, -0.2) is 18.4 Å². The van der Waals surface area contributed by atoms with Crippen molar-refractivity contribution >= 4 is 44.3 Å². The summed E-state index contributed by atoms with van der Waals surface area (Å²) in [7, 11) is -3.36. The fourth-order valence-electron chi connectivity index (χ4n) is 4.80. The van der Waals surface area contributed by atoms with Crippen molar-refractivity contribution in [3.8, 4) is 11.3 Å². The van der Waals surface area contributed by atoms with Gasteiger partial charge in [0.25, 0.3) is 5.91 Å². The second kappa shape index (κ2) is 11.1. The number of fused-ring (bicyclic) bond motifs is 2. The second-order valence-electron chi connectivity index (χ2n) is 9.50. The predicted octanol–water partition coefficient (Wildman–Crippen LogP) is 5.40. The van der Waals surface area contributed by atoms with Gasteiger partial charge in [-0.1, -0.05) is 41.9 Å². The molecule has 0 saturated carbocycles.